The lowest BCUT2D eigenvalue weighted by Crippen LogP contribution is -2.18. The molecular formula is C30H48N2O8S2. The molecule has 0 unspecified atom stereocenters. The van der Waals surface area contributed by atoms with Gasteiger partial charge in [-0.05, 0) is 25.7 Å². The molecule has 0 aliphatic carbocycles. The molecule has 0 amide bonds. The number of aromatic hydroxyl groups is 4. The molecule has 12 heteroatoms. The molecule has 2 heterocycles. The second-order valence-corrected chi connectivity index (χ2v) is 13.1. The Balaban J connectivity index is 1.24. The van der Waals surface area contributed by atoms with Crippen LogP contribution in [0, 0.1) is 0 Å². The van der Waals surface area contributed by atoms with Crippen molar-refractivity contribution < 1.29 is 39.7 Å². The SMILES string of the molecule is O=C(CCCCCCCCCCSSCCCCCCCCCCC(=O)On1c(O)ccc1O)On1c(O)ccc1O. The Labute approximate surface area is 257 Å². The molecule has 0 spiro atoms. The average molecular weight is 629 g/mol. The van der Waals surface area contributed by atoms with Crippen LogP contribution >= 0.6 is 21.6 Å². The van der Waals surface area contributed by atoms with Crippen molar-refractivity contribution in [3.05, 3.63) is 24.3 Å². The summed E-state index contributed by atoms with van der Waals surface area (Å²) in [6.07, 6.45) is 18.6. The van der Waals surface area contributed by atoms with Crippen LogP contribution in [0.25, 0.3) is 0 Å². The zero-order valence-electron chi connectivity index (χ0n) is 24.6. The summed E-state index contributed by atoms with van der Waals surface area (Å²) in [6, 6.07) is 5.05. The molecule has 0 bridgehead atoms. The number of rotatable bonds is 25. The predicted octanol–water partition coefficient (Wildman–Crippen LogP) is 7.13. The molecule has 0 atom stereocenters. The molecule has 2 rings (SSSR count). The Bertz CT molecular complexity index is 908. The van der Waals surface area contributed by atoms with Gasteiger partial charge >= 0.3 is 11.9 Å². The Kier molecular flexibility index (Phi) is 18.7. The van der Waals surface area contributed by atoms with Crippen molar-refractivity contribution in [3.8, 4) is 23.5 Å². The monoisotopic (exact) mass is 628 g/mol. The van der Waals surface area contributed by atoms with E-state index in [4.69, 9.17) is 9.68 Å². The van der Waals surface area contributed by atoms with Gasteiger partial charge in [0.15, 0.2) is 0 Å². The van der Waals surface area contributed by atoms with Gasteiger partial charge in [-0.25, -0.2) is 9.59 Å². The average Bonchev–Trinajstić information content (AvgIpc) is 3.46. The number of carbonyl (C=O) groups is 2. The third-order valence-corrected chi connectivity index (χ3v) is 9.36. The molecule has 2 aromatic rings. The summed E-state index contributed by atoms with van der Waals surface area (Å²) in [6.45, 7) is 0. The van der Waals surface area contributed by atoms with Crippen molar-refractivity contribution in [1.29, 1.82) is 0 Å². The summed E-state index contributed by atoms with van der Waals surface area (Å²) in [5.41, 5.74) is 0. The molecule has 10 nitrogen and oxygen atoms in total. The minimum absolute atomic E-state index is 0.269. The molecule has 0 saturated heterocycles. The molecular weight excluding hydrogens is 580 g/mol. The summed E-state index contributed by atoms with van der Waals surface area (Å²) < 4.78 is 1.46. The summed E-state index contributed by atoms with van der Waals surface area (Å²) >= 11 is 0. The van der Waals surface area contributed by atoms with Crippen LogP contribution in [0.15, 0.2) is 24.3 Å². The van der Waals surface area contributed by atoms with Gasteiger partial charge in [0.05, 0.1) is 0 Å². The van der Waals surface area contributed by atoms with Gasteiger partial charge in [0, 0.05) is 48.6 Å². The number of aromatic nitrogens is 2. The highest BCUT2D eigenvalue weighted by molar-refractivity contribution is 8.76. The Morgan fingerprint density at radius 1 is 0.476 bits per heavy atom. The van der Waals surface area contributed by atoms with E-state index in [2.05, 4.69) is 0 Å². The predicted molar refractivity (Wildman–Crippen MR) is 167 cm³/mol. The number of unbranched alkanes of at least 4 members (excludes halogenated alkanes) is 14. The molecule has 2 aromatic heterocycles. The molecule has 0 aliphatic rings. The highest BCUT2D eigenvalue weighted by Crippen LogP contribution is 2.25. The number of hydrogen-bond acceptors (Lipinski definition) is 10. The second kappa shape index (κ2) is 22.0. The Morgan fingerprint density at radius 2 is 0.738 bits per heavy atom. The number of hydrogen-bond donors (Lipinski definition) is 4. The van der Waals surface area contributed by atoms with E-state index in [1.54, 1.807) is 0 Å². The van der Waals surface area contributed by atoms with Gasteiger partial charge < -0.3 is 30.1 Å². The number of carbonyl (C=O) groups excluding carboxylic acids is 2. The molecule has 4 N–H and O–H groups in total. The normalized spacial score (nSPS) is 11.1. The fourth-order valence-corrected chi connectivity index (χ4v) is 6.68. The van der Waals surface area contributed by atoms with Crippen LogP contribution in [0.1, 0.15) is 116 Å². The van der Waals surface area contributed by atoms with Gasteiger partial charge in [-0.1, -0.05) is 98.6 Å². The highest BCUT2D eigenvalue weighted by Gasteiger charge is 2.13. The van der Waals surface area contributed by atoms with Crippen LogP contribution in [-0.4, -0.2) is 53.3 Å². The van der Waals surface area contributed by atoms with Gasteiger partial charge in [-0.2, -0.15) is 0 Å². The van der Waals surface area contributed by atoms with E-state index in [0.29, 0.717) is 0 Å². The summed E-state index contributed by atoms with van der Waals surface area (Å²) in [4.78, 5) is 33.4. The van der Waals surface area contributed by atoms with E-state index in [1.807, 2.05) is 21.6 Å². The van der Waals surface area contributed by atoms with Crippen molar-refractivity contribution in [2.45, 2.75) is 116 Å². The molecule has 238 valence electrons. The lowest BCUT2D eigenvalue weighted by atomic mass is 10.1. The Hall–Kier alpha value is -2.60. The van der Waals surface area contributed by atoms with Crippen molar-refractivity contribution in [3.63, 3.8) is 0 Å². The van der Waals surface area contributed by atoms with Crippen LogP contribution in [0.3, 0.4) is 0 Å². The lowest BCUT2D eigenvalue weighted by molar-refractivity contribution is -0.146. The summed E-state index contributed by atoms with van der Waals surface area (Å²) in [7, 11) is 3.98. The molecule has 0 aliphatic heterocycles. The minimum atomic E-state index is -0.463. The van der Waals surface area contributed by atoms with E-state index in [1.165, 1.54) is 100.0 Å². The van der Waals surface area contributed by atoms with Crippen LogP contribution in [0.5, 0.6) is 23.5 Å². The van der Waals surface area contributed by atoms with Crippen molar-refractivity contribution in [2.24, 2.45) is 0 Å². The van der Waals surface area contributed by atoms with Crippen molar-refractivity contribution in [2.75, 3.05) is 11.5 Å². The maximum Gasteiger partial charge on any atom is 0.333 e. The quantitative estimate of drug-likeness (QED) is 0.0662. The maximum absolute atomic E-state index is 11.8. The van der Waals surface area contributed by atoms with Crippen LogP contribution in [0.2, 0.25) is 0 Å². The fourth-order valence-electron chi connectivity index (χ4n) is 4.39. The minimum Gasteiger partial charge on any atom is -0.492 e. The summed E-state index contributed by atoms with van der Waals surface area (Å²) in [5.74, 6) is 0.293. The fraction of sp³-hybridized carbons (Fsp3) is 0.667. The standard InChI is InChI=1S/C30H48N2O8S2/c33-25-19-20-26(34)31(25)39-29(37)17-13-9-5-1-3-7-11-15-23-41-42-24-16-12-8-4-2-6-10-14-18-30(38)40-32-27(35)21-22-28(32)36/h19-22,33-36H,1-18,23-24H2. The van der Waals surface area contributed by atoms with Gasteiger partial charge in [0.25, 0.3) is 0 Å². The third kappa shape index (κ3) is 15.6. The first kappa shape index (κ1) is 35.6. The third-order valence-electron chi connectivity index (χ3n) is 6.78. The Morgan fingerprint density at radius 3 is 1.05 bits per heavy atom. The van der Waals surface area contributed by atoms with Crippen molar-refractivity contribution >= 4 is 33.5 Å². The smallest absolute Gasteiger partial charge is 0.333 e. The molecule has 0 aromatic carbocycles. The lowest BCUT2D eigenvalue weighted by Gasteiger charge is -2.07. The van der Waals surface area contributed by atoms with Crippen LogP contribution in [0.4, 0.5) is 0 Å². The van der Waals surface area contributed by atoms with Gasteiger partial charge in [0.1, 0.15) is 0 Å². The first-order chi connectivity index (χ1) is 20.4. The summed E-state index contributed by atoms with van der Waals surface area (Å²) in [5, 5.41) is 37.9. The van der Waals surface area contributed by atoms with E-state index >= 15 is 0 Å². The van der Waals surface area contributed by atoms with Crippen LogP contribution in [-0.2, 0) is 9.59 Å². The topological polar surface area (TPSA) is 143 Å². The zero-order chi connectivity index (χ0) is 30.4. The van der Waals surface area contributed by atoms with Crippen molar-refractivity contribution in [1.82, 2.24) is 9.46 Å². The molecule has 0 fully saturated rings. The maximum atomic E-state index is 11.8. The highest BCUT2D eigenvalue weighted by atomic mass is 33.1. The molecule has 42 heavy (non-hydrogen) atoms. The van der Waals surface area contributed by atoms with Gasteiger partial charge in [0.2, 0.25) is 23.5 Å². The molecule has 0 radical (unpaired) electrons. The van der Waals surface area contributed by atoms with Gasteiger partial charge in [-0.3, -0.25) is 0 Å². The van der Waals surface area contributed by atoms with Crippen LogP contribution < -0.4 is 9.68 Å². The molecule has 0 saturated carbocycles. The largest absolute Gasteiger partial charge is 0.492 e. The first-order valence-electron chi connectivity index (χ1n) is 15.2. The first-order valence-corrected chi connectivity index (χ1v) is 17.7. The van der Waals surface area contributed by atoms with E-state index in [9.17, 15) is 30.0 Å². The van der Waals surface area contributed by atoms with Gasteiger partial charge in [-0.15, -0.1) is 9.46 Å². The zero-order valence-corrected chi connectivity index (χ0v) is 26.2. The second-order valence-electron chi connectivity index (χ2n) is 10.4. The van der Waals surface area contributed by atoms with E-state index in [0.717, 1.165) is 48.0 Å². The van der Waals surface area contributed by atoms with E-state index < -0.39 is 11.9 Å². The van der Waals surface area contributed by atoms with E-state index in [-0.39, 0.29) is 36.4 Å². The number of nitrogens with zero attached hydrogens (tertiary/aromatic N) is 2.